The van der Waals surface area contributed by atoms with Gasteiger partial charge in [0, 0.05) is 58.1 Å². The van der Waals surface area contributed by atoms with Crippen molar-refractivity contribution in [2.24, 2.45) is 0 Å². The summed E-state index contributed by atoms with van der Waals surface area (Å²) in [6.07, 6.45) is 0. The Morgan fingerprint density at radius 1 is 0.404 bits per heavy atom. The first-order chi connectivity index (χ1) is 25.7. The van der Waals surface area contributed by atoms with Gasteiger partial charge in [-0.1, -0.05) is 152 Å². The van der Waals surface area contributed by atoms with Crippen molar-refractivity contribution in [2.45, 2.75) is 0 Å². The summed E-state index contributed by atoms with van der Waals surface area (Å²) in [5.74, 6) is 0. The van der Waals surface area contributed by atoms with E-state index in [0.717, 1.165) is 32.7 Å². The topological polar surface area (TPSA) is 22.0 Å². The minimum atomic E-state index is -3.12. The molecule has 10 aromatic rings. The molecule has 2 heterocycles. The van der Waals surface area contributed by atoms with Crippen LogP contribution in [0.2, 0.25) is 0 Å². The molecule has 0 fully saturated rings. The van der Waals surface area contributed by atoms with Crippen molar-refractivity contribution in [1.82, 2.24) is 4.57 Å². The predicted octanol–water partition coefficient (Wildman–Crippen LogP) is 12.1. The zero-order chi connectivity index (χ0) is 34.6. The van der Waals surface area contributed by atoms with Crippen LogP contribution in [0.15, 0.2) is 194 Å². The van der Waals surface area contributed by atoms with E-state index in [1.807, 2.05) is 84.1 Å². The lowest BCUT2D eigenvalue weighted by Crippen LogP contribution is -2.25. The molecule has 10 rings (SSSR count). The summed E-state index contributed by atoms with van der Waals surface area (Å²) in [7, 11) is -3.12. The predicted molar refractivity (Wildman–Crippen MR) is 224 cm³/mol. The van der Waals surface area contributed by atoms with E-state index in [0.29, 0.717) is 0 Å². The molecule has 0 atom stereocenters. The van der Waals surface area contributed by atoms with Gasteiger partial charge in [-0.15, -0.1) is 11.3 Å². The Morgan fingerprint density at radius 3 is 1.60 bits per heavy atom. The molecule has 0 aliphatic rings. The van der Waals surface area contributed by atoms with E-state index in [4.69, 9.17) is 0 Å². The molecule has 4 heteroatoms. The second-order valence-corrected chi connectivity index (χ2v) is 17.1. The minimum Gasteiger partial charge on any atom is -0.309 e. The molecule has 0 aliphatic carbocycles. The number of nitrogens with zero attached hydrogens (tertiary/aromatic N) is 1. The van der Waals surface area contributed by atoms with Crippen LogP contribution in [0.5, 0.6) is 0 Å². The second kappa shape index (κ2) is 12.4. The van der Waals surface area contributed by atoms with Gasteiger partial charge < -0.3 is 9.13 Å². The van der Waals surface area contributed by atoms with Gasteiger partial charge in [-0.05, 0) is 59.2 Å². The minimum absolute atomic E-state index is 0.831. The highest BCUT2D eigenvalue weighted by Gasteiger charge is 2.30. The quantitative estimate of drug-likeness (QED) is 0.158. The Bertz CT molecular complexity index is 2880. The molecule has 2 aromatic heterocycles. The summed E-state index contributed by atoms with van der Waals surface area (Å²) in [6.45, 7) is 0. The van der Waals surface area contributed by atoms with Crippen molar-refractivity contribution in [3.05, 3.63) is 194 Å². The number of rotatable bonds is 6. The fourth-order valence-corrected chi connectivity index (χ4v) is 11.7. The maximum atomic E-state index is 15.3. The third-order valence-corrected chi connectivity index (χ3v) is 14.5. The van der Waals surface area contributed by atoms with Crippen LogP contribution in [0.3, 0.4) is 0 Å². The van der Waals surface area contributed by atoms with Gasteiger partial charge in [-0.3, -0.25) is 0 Å². The molecule has 0 saturated carbocycles. The van der Waals surface area contributed by atoms with Gasteiger partial charge in [-0.25, -0.2) is 0 Å². The molecule has 0 amide bonds. The van der Waals surface area contributed by atoms with Crippen LogP contribution in [-0.2, 0) is 4.57 Å². The van der Waals surface area contributed by atoms with Crippen LogP contribution < -0.4 is 15.9 Å². The van der Waals surface area contributed by atoms with Crippen LogP contribution in [0.1, 0.15) is 0 Å². The first kappa shape index (κ1) is 30.8. The largest absolute Gasteiger partial charge is 0.309 e. The molecule has 0 spiro atoms. The van der Waals surface area contributed by atoms with Crippen LogP contribution in [0, 0.1) is 0 Å². The summed E-state index contributed by atoms with van der Waals surface area (Å²) in [4.78, 5) is 0. The Hall–Kier alpha value is -5.99. The molecule has 246 valence electrons. The molecule has 0 unspecified atom stereocenters. The molecule has 0 saturated heterocycles. The molecule has 0 bridgehead atoms. The van der Waals surface area contributed by atoms with Crippen LogP contribution in [0.25, 0.3) is 69.9 Å². The smallest absolute Gasteiger partial charge is 0.171 e. The van der Waals surface area contributed by atoms with Gasteiger partial charge in [-0.2, -0.15) is 0 Å². The van der Waals surface area contributed by atoms with E-state index in [1.54, 1.807) is 0 Å². The van der Waals surface area contributed by atoms with E-state index in [9.17, 15) is 0 Å². The van der Waals surface area contributed by atoms with Crippen molar-refractivity contribution in [1.29, 1.82) is 0 Å². The Labute approximate surface area is 306 Å². The first-order valence-corrected chi connectivity index (χ1v) is 20.1. The van der Waals surface area contributed by atoms with Gasteiger partial charge >= 0.3 is 0 Å². The number of hydrogen-bond donors (Lipinski definition) is 0. The highest BCUT2D eigenvalue weighted by Crippen LogP contribution is 2.46. The number of thiophene rings is 1. The number of fused-ring (bicyclic) bond motifs is 6. The Balaban J connectivity index is 1.20. The summed E-state index contributed by atoms with van der Waals surface area (Å²) in [6, 6.07) is 67.8. The van der Waals surface area contributed by atoms with E-state index < -0.39 is 7.14 Å². The Kier molecular flexibility index (Phi) is 7.32. The normalized spacial score (nSPS) is 11.9. The van der Waals surface area contributed by atoms with Crippen molar-refractivity contribution in [3.63, 3.8) is 0 Å². The Morgan fingerprint density at radius 2 is 0.942 bits per heavy atom. The molecular formula is C48H32NOPS. The van der Waals surface area contributed by atoms with Gasteiger partial charge in [0.25, 0.3) is 0 Å². The third kappa shape index (κ3) is 4.89. The SMILES string of the molecule is O=P(c1ccccc1)(c1ccccc1)c1cccc(-c2ccc3sc4c(-c5ccccc5)cc(-n5c6ccccc6c6ccccc65)cc4c3c2)c1. The molecule has 52 heavy (non-hydrogen) atoms. The fourth-order valence-electron chi connectivity index (χ4n) is 7.81. The zero-order valence-corrected chi connectivity index (χ0v) is 29.9. The summed E-state index contributed by atoms with van der Waals surface area (Å²) >= 11 is 1.85. The number of para-hydroxylation sites is 2. The molecule has 0 N–H and O–H groups in total. The lowest BCUT2D eigenvalue weighted by molar-refractivity contribution is 0.592. The van der Waals surface area contributed by atoms with Gasteiger partial charge in [0.15, 0.2) is 7.14 Å². The van der Waals surface area contributed by atoms with Crippen molar-refractivity contribution < 1.29 is 4.57 Å². The zero-order valence-electron chi connectivity index (χ0n) is 28.2. The molecule has 8 aromatic carbocycles. The fraction of sp³-hybridized carbons (Fsp3) is 0. The average Bonchev–Trinajstić information content (AvgIpc) is 3.76. The van der Waals surface area contributed by atoms with E-state index in [1.165, 1.54) is 53.1 Å². The molecule has 0 aliphatic heterocycles. The summed E-state index contributed by atoms with van der Waals surface area (Å²) in [5, 5.41) is 7.46. The number of hydrogen-bond acceptors (Lipinski definition) is 2. The maximum Gasteiger partial charge on any atom is 0.171 e. The van der Waals surface area contributed by atoms with E-state index >= 15 is 4.57 Å². The summed E-state index contributed by atoms with van der Waals surface area (Å²) < 4.78 is 20.2. The monoisotopic (exact) mass is 701 g/mol. The average molecular weight is 702 g/mol. The molecular weight excluding hydrogens is 670 g/mol. The first-order valence-electron chi connectivity index (χ1n) is 17.5. The van der Waals surface area contributed by atoms with Crippen LogP contribution in [0.4, 0.5) is 0 Å². The number of benzene rings is 8. The molecule has 2 nitrogen and oxygen atoms in total. The van der Waals surface area contributed by atoms with Crippen LogP contribution in [-0.4, -0.2) is 4.57 Å². The lowest BCUT2D eigenvalue weighted by atomic mass is 9.99. The van der Waals surface area contributed by atoms with Crippen molar-refractivity contribution >= 4 is 76.4 Å². The highest BCUT2D eigenvalue weighted by atomic mass is 32.1. The van der Waals surface area contributed by atoms with E-state index in [2.05, 4.69) is 126 Å². The van der Waals surface area contributed by atoms with Gasteiger partial charge in [0.2, 0.25) is 0 Å². The standard InChI is InChI=1S/C48H32NOPS/c50-51(37-18-6-2-7-19-37,38-20-8-3-9-21-38)39-22-14-17-34(29-39)35-27-28-47-43(30-35)44-32-36(31-42(48(44)52-47)33-15-4-1-5-16-33)49-45-25-12-10-23-40(45)41-24-11-13-26-46(41)49/h1-32H. The van der Waals surface area contributed by atoms with E-state index in [-0.39, 0.29) is 0 Å². The van der Waals surface area contributed by atoms with Gasteiger partial charge in [0.05, 0.1) is 11.0 Å². The molecule has 0 radical (unpaired) electrons. The van der Waals surface area contributed by atoms with Gasteiger partial charge in [0.1, 0.15) is 0 Å². The van der Waals surface area contributed by atoms with Crippen LogP contribution >= 0.6 is 18.5 Å². The van der Waals surface area contributed by atoms with Crippen molar-refractivity contribution in [2.75, 3.05) is 0 Å². The summed E-state index contributed by atoms with van der Waals surface area (Å²) in [5.41, 5.74) is 8.11. The lowest BCUT2D eigenvalue weighted by Gasteiger charge is -2.20. The maximum absolute atomic E-state index is 15.3. The van der Waals surface area contributed by atoms with Crippen molar-refractivity contribution in [3.8, 4) is 27.9 Å². The second-order valence-electron chi connectivity index (χ2n) is 13.2. The highest BCUT2D eigenvalue weighted by molar-refractivity contribution is 7.85. The third-order valence-electron chi connectivity index (χ3n) is 10.3. The number of aromatic nitrogens is 1.